The number of nitrogens with zero attached hydrogens (tertiary/aromatic N) is 3. The average molecular weight is 518 g/mol. The number of carbonyl (C=O) groups excluding carboxylic acids is 1. The first-order chi connectivity index (χ1) is 18.3. The molecule has 1 atom stereocenters. The molecule has 2 heterocycles. The van der Waals surface area contributed by atoms with Crippen molar-refractivity contribution in [3.8, 4) is 16.9 Å². The number of carboxylic acid groups (broad SMARTS) is 1. The molecule has 2 fully saturated rings. The Labute approximate surface area is 222 Å². The van der Waals surface area contributed by atoms with E-state index in [9.17, 15) is 14.7 Å². The lowest BCUT2D eigenvalue weighted by Gasteiger charge is -2.36. The number of amides is 2. The molecule has 2 amide bonds. The van der Waals surface area contributed by atoms with E-state index in [2.05, 4.69) is 38.6 Å². The zero-order valence-corrected chi connectivity index (χ0v) is 21.9. The Morgan fingerprint density at radius 1 is 1.16 bits per heavy atom. The van der Waals surface area contributed by atoms with E-state index in [1.807, 2.05) is 35.4 Å². The Hall–Kier alpha value is -4.01. The number of aromatic nitrogens is 2. The number of rotatable bonds is 9. The maximum atomic E-state index is 13.4. The molecule has 0 bridgehead atoms. The van der Waals surface area contributed by atoms with Crippen molar-refractivity contribution in [1.82, 2.24) is 20.4 Å². The average Bonchev–Trinajstić information content (AvgIpc) is 3.59. The van der Waals surface area contributed by atoms with E-state index in [1.165, 1.54) is 13.8 Å². The fourth-order valence-corrected chi connectivity index (χ4v) is 4.88. The first-order valence-electron chi connectivity index (χ1n) is 13.2. The summed E-state index contributed by atoms with van der Waals surface area (Å²) in [4.78, 5) is 29.1. The molecule has 3 aromatic rings. The van der Waals surface area contributed by atoms with Crippen molar-refractivity contribution in [2.75, 3.05) is 18.0 Å². The van der Waals surface area contributed by atoms with Crippen molar-refractivity contribution < 1.29 is 19.4 Å². The van der Waals surface area contributed by atoms with Gasteiger partial charge in [-0.1, -0.05) is 24.3 Å². The van der Waals surface area contributed by atoms with Crippen LogP contribution in [0.2, 0.25) is 0 Å². The number of anilines is 1. The molecule has 9 nitrogen and oxygen atoms in total. The fraction of sp³-hybridized carbons (Fsp3) is 0.414. The number of ether oxygens (including phenoxy) is 1. The second-order valence-electron chi connectivity index (χ2n) is 10.7. The lowest BCUT2D eigenvalue weighted by atomic mass is 10.0. The number of nitrogens with one attached hydrogen (secondary N) is 2. The van der Waals surface area contributed by atoms with Gasteiger partial charge in [0.2, 0.25) is 0 Å². The predicted molar refractivity (Wildman–Crippen MR) is 145 cm³/mol. The summed E-state index contributed by atoms with van der Waals surface area (Å²) in [5.41, 5.74) is 2.84. The highest BCUT2D eigenvalue weighted by molar-refractivity contribution is 5.77. The van der Waals surface area contributed by atoms with E-state index in [1.54, 1.807) is 12.3 Å². The van der Waals surface area contributed by atoms with E-state index >= 15 is 0 Å². The second-order valence-corrected chi connectivity index (χ2v) is 10.7. The van der Waals surface area contributed by atoms with Gasteiger partial charge < -0.3 is 25.0 Å². The van der Waals surface area contributed by atoms with Crippen molar-refractivity contribution >= 4 is 17.7 Å². The van der Waals surface area contributed by atoms with Crippen molar-refractivity contribution in [3.63, 3.8) is 0 Å². The van der Waals surface area contributed by atoms with Gasteiger partial charge in [0.25, 0.3) is 0 Å². The molecule has 1 saturated heterocycles. The molecule has 1 aliphatic heterocycles. The minimum absolute atomic E-state index is 0.0200. The molecule has 38 heavy (non-hydrogen) atoms. The monoisotopic (exact) mass is 517 g/mol. The van der Waals surface area contributed by atoms with Crippen molar-refractivity contribution in [2.24, 2.45) is 0 Å². The third-order valence-corrected chi connectivity index (χ3v) is 7.18. The van der Waals surface area contributed by atoms with Crippen molar-refractivity contribution in [2.45, 2.75) is 63.8 Å². The van der Waals surface area contributed by atoms with Gasteiger partial charge in [0, 0.05) is 55.2 Å². The zero-order chi connectivity index (χ0) is 26.7. The third kappa shape index (κ3) is 6.10. The van der Waals surface area contributed by atoms with Crippen LogP contribution in [-0.2, 0) is 11.3 Å². The summed E-state index contributed by atoms with van der Waals surface area (Å²) in [6.07, 6.45) is 7.60. The normalized spacial score (nSPS) is 17.6. The lowest BCUT2D eigenvalue weighted by molar-refractivity contribution is -0.152. The first-order valence-corrected chi connectivity index (χ1v) is 13.2. The smallest absolute Gasteiger partial charge is 0.347 e. The maximum Gasteiger partial charge on any atom is 0.347 e. The van der Waals surface area contributed by atoms with Gasteiger partial charge in [-0.3, -0.25) is 5.10 Å². The number of benzene rings is 2. The summed E-state index contributed by atoms with van der Waals surface area (Å²) in [7, 11) is 0. The van der Waals surface area contributed by atoms with E-state index in [0.29, 0.717) is 18.8 Å². The topological polar surface area (TPSA) is 111 Å². The minimum atomic E-state index is -1.32. The van der Waals surface area contributed by atoms with Crippen LogP contribution in [0.5, 0.6) is 5.75 Å². The number of piperidine rings is 1. The molecular weight excluding hydrogens is 482 g/mol. The van der Waals surface area contributed by atoms with Crippen LogP contribution in [0.1, 0.15) is 45.1 Å². The minimum Gasteiger partial charge on any atom is -0.478 e. The van der Waals surface area contributed by atoms with Crippen LogP contribution in [0.25, 0.3) is 11.1 Å². The van der Waals surface area contributed by atoms with Crippen LogP contribution in [0.4, 0.5) is 10.5 Å². The molecule has 200 valence electrons. The van der Waals surface area contributed by atoms with E-state index in [0.717, 1.165) is 54.6 Å². The number of hydrogen-bond acceptors (Lipinski definition) is 5. The van der Waals surface area contributed by atoms with Crippen LogP contribution < -0.4 is 15.0 Å². The Balaban J connectivity index is 1.23. The Bertz CT molecular complexity index is 1270. The standard InChI is InChI=1S/C29H35N5O4/c1-29(2,27(35)36)38-26-10-4-9-25(15-26)33-13-5-8-23(19-33)32-28(37)34(24-11-12-24)18-20-6-3-7-21(14-20)22-16-30-31-17-22/h3-4,6-7,9-10,14-17,23-24H,5,8,11-13,18-19H2,1-2H3,(H,30,31)(H,32,37)(H,35,36)/t23-/m1/s1. The molecular formula is C29H35N5O4. The summed E-state index contributed by atoms with van der Waals surface area (Å²) in [5, 5.41) is 19.6. The second kappa shape index (κ2) is 10.8. The van der Waals surface area contributed by atoms with E-state index in [4.69, 9.17) is 4.74 Å². The van der Waals surface area contributed by atoms with E-state index in [-0.39, 0.29) is 18.1 Å². The third-order valence-electron chi connectivity index (χ3n) is 7.18. The number of aromatic amines is 1. The van der Waals surface area contributed by atoms with Gasteiger partial charge in [-0.15, -0.1) is 0 Å². The number of hydrogen-bond donors (Lipinski definition) is 3. The number of aliphatic carboxylic acids is 1. The molecule has 0 spiro atoms. The van der Waals surface area contributed by atoms with Crippen LogP contribution in [0.3, 0.4) is 0 Å². The van der Waals surface area contributed by atoms with Crippen molar-refractivity contribution in [1.29, 1.82) is 0 Å². The summed E-state index contributed by atoms with van der Waals surface area (Å²) >= 11 is 0. The molecule has 1 aliphatic carbocycles. The SMILES string of the molecule is CC(C)(Oc1cccc(N2CCC[C@@H](NC(=O)N(Cc3cccc(-c4cn[nH]c4)c3)C3CC3)C2)c1)C(=O)O. The number of carboxylic acids is 1. The molecule has 2 aromatic carbocycles. The van der Waals surface area contributed by atoms with Crippen LogP contribution >= 0.6 is 0 Å². The predicted octanol–water partition coefficient (Wildman–Crippen LogP) is 4.66. The van der Waals surface area contributed by atoms with Gasteiger partial charge in [0.15, 0.2) is 5.60 Å². The summed E-state index contributed by atoms with van der Waals surface area (Å²) in [6, 6.07) is 16.0. The van der Waals surface area contributed by atoms with Gasteiger partial charge >= 0.3 is 12.0 Å². The Morgan fingerprint density at radius 3 is 2.71 bits per heavy atom. The number of H-pyrrole nitrogens is 1. The Morgan fingerprint density at radius 2 is 1.97 bits per heavy atom. The quantitative estimate of drug-likeness (QED) is 0.381. The molecule has 1 saturated carbocycles. The largest absolute Gasteiger partial charge is 0.478 e. The summed E-state index contributed by atoms with van der Waals surface area (Å²) < 4.78 is 5.73. The lowest BCUT2D eigenvalue weighted by Crippen LogP contribution is -2.52. The van der Waals surface area contributed by atoms with Gasteiger partial charge in [0.05, 0.1) is 6.20 Å². The van der Waals surface area contributed by atoms with Crippen LogP contribution in [-0.4, -0.2) is 63.0 Å². The molecule has 5 rings (SSSR count). The van der Waals surface area contributed by atoms with Crippen LogP contribution in [0, 0.1) is 0 Å². The molecule has 1 aromatic heterocycles. The molecule has 2 aliphatic rings. The zero-order valence-electron chi connectivity index (χ0n) is 21.9. The Kier molecular flexibility index (Phi) is 7.26. The number of urea groups is 1. The number of carbonyl (C=O) groups is 2. The van der Waals surface area contributed by atoms with Crippen LogP contribution in [0.15, 0.2) is 60.9 Å². The fourth-order valence-electron chi connectivity index (χ4n) is 4.88. The molecule has 0 unspecified atom stereocenters. The summed E-state index contributed by atoms with van der Waals surface area (Å²) in [6.45, 7) is 5.19. The van der Waals surface area contributed by atoms with Gasteiger partial charge in [0.1, 0.15) is 5.75 Å². The molecule has 0 radical (unpaired) electrons. The maximum absolute atomic E-state index is 13.4. The summed E-state index contributed by atoms with van der Waals surface area (Å²) in [5.74, 6) is -0.504. The van der Waals surface area contributed by atoms with Gasteiger partial charge in [-0.05, 0) is 68.9 Å². The molecule has 3 N–H and O–H groups in total. The highest BCUT2D eigenvalue weighted by atomic mass is 16.5. The van der Waals surface area contributed by atoms with E-state index < -0.39 is 11.6 Å². The van der Waals surface area contributed by atoms with Crippen molar-refractivity contribution in [3.05, 3.63) is 66.5 Å². The molecule has 9 heteroatoms. The van der Waals surface area contributed by atoms with Gasteiger partial charge in [-0.25, -0.2) is 9.59 Å². The highest BCUT2D eigenvalue weighted by Gasteiger charge is 2.34. The van der Waals surface area contributed by atoms with Gasteiger partial charge in [-0.2, -0.15) is 5.10 Å². The highest BCUT2D eigenvalue weighted by Crippen LogP contribution is 2.30. The first kappa shape index (κ1) is 25.6.